The predicted octanol–water partition coefficient (Wildman–Crippen LogP) is 3.79. The Kier molecular flexibility index (Phi) is 4.02. The zero-order valence-electron chi connectivity index (χ0n) is 14.9. The molecule has 0 unspecified atom stereocenters. The minimum atomic E-state index is 0.565. The molecule has 1 aromatic carbocycles. The third-order valence-corrected chi connectivity index (χ3v) is 4.50. The molecule has 0 bridgehead atoms. The van der Waals surface area contributed by atoms with Crippen LogP contribution in [-0.4, -0.2) is 29.8 Å². The first-order valence-electron chi connectivity index (χ1n) is 8.97. The van der Waals surface area contributed by atoms with E-state index in [1.54, 1.807) is 12.4 Å². The van der Waals surface area contributed by atoms with E-state index in [0.717, 1.165) is 33.8 Å². The number of pyridine rings is 1. The molecule has 0 amide bonds. The lowest BCUT2D eigenvalue weighted by molar-refractivity contribution is 0.898. The van der Waals surface area contributed by atoms with Crippen molar-refractivity contribution in [2.75, 3.05) is 5.32 Å². The summed E-state index contributed by atoms with van der Waals surface area (Å²) in [7, 11) is 0. The van der Waals surface area contributed by atoms with Crippen LogP contribution in [0.25, 0.3) is 28.2 Å². The molecule has 5 rings (SSSR count). The van der Waals surface area contributed by atoms with Gasteiger partial charge in [0.05, 0.1) is 12.2 Å². The van der Waals surface area contributed by atoms with Gasteiger partial charge in [0.15, 0.2) is 11.6 Å². The number of fused-ring (bicyclic) bond motifs is 1. The molecule has 136 valence electrons. The van der Waals surface area contributed by atoms with Crippen LogP contribution in [0.15, 0.2) is 79.3 Å². The van der Waals surface area contributed by atoms with Crippen LogP contribution in [0.3, 0.4) is 0 Å². The van der Waals surface area contributed by atoms with E-state index in [0.29, 0.717) is 12.4 Å². The Bertz CT molecular complexity index is 1200. The second kappa shape index (κ2) is 6.96. The molecule has 5 aromatic rings. The average molecular weight is 367 g/mol. The molecule has 7 nitrogen and oxygen atoms in total. The number of nitrogens with zero attached hydrogens (tertiary/aromatic N) is 5. The summed E-state index contributed by atoms with van der Waals surface area (Å²) in [6.45, 7) is 0.565. The first-order valence-corrected chi connectivity index (χ1v) is 8.97. The summed E-state index contributed by atoms with van der Waals surface area (Å²) >= 11 is 0. The maximum atomic E-state index is 4.77. The molecule has 4 heterocycles. The monoisotopic (exact) mass is 367 g/mol. The molecule has 0 saturated heterocycles. The van der Waals surface area contributed by atoms with E-state index < -0.39 is 0 Å². The largest absolute Gasteiger partial charge is 0.363 e. The van der Waals surface area contributed by atoms with Gasteiger partial charge in [-0.15, -0.1) is 5.10 Å². The normalized spacial score (nSPS) is 11.0. The van der Waals surface area contributed by atoms with Gasteiger partial charge in [-0.25, -0.2) is 9.50 Å². The van der Waals surface area contributed by atoms with Gasteiger partial charge in [0.2, 0.25) is 0 Å². The van der Waals surface area contributed by atoms with E-state index in [1.165, 1.54) is 0 Å². The van der Waals surface area contributed by atoms with Crippen molar-refractivity contribution in [1.82, 2.24) is 29.8 Å². The fourth-order valence-electron chi connectivity index (χ4n) is 3.17. The van der Waals surface area contributed by atoms with Crippen LogP contribution in [0, 0.1) is 0 Å². The van der Waals surface area contributed by atoms with Crippen LogP contribution in [0.2, 0.25) is 0 Å². The number of H-pyrrole nitrogens is 1. The molecule has 0 saturated carbocycles. The summed E-state index contributed by atoms with van der Waals surface area (Å²) in [6.07, 6.45) is 5.43. The van der Waals surface area contributed by atoms with Crippen LogP contribution in [-0.2, 0) is 6.54 Å². The highest BCUT2D eigenvalue weighted by Crippen LogP contribution is 2.30. The van der Waals surface area contributed by atoms with E-state index in [-0.39, 0.29) is 0 Å². The van der Waals surface area contributed by atoms with Gasteiger partial charge in [0.25, 0.3) is 0 Å². The maximum Gasteiger partial charge on any atom is 0.200 e. The van der Waals surface area contributed by atoms with Crippen molar-refractivity contribution in [2.45, 2.75) is 6.54 Å². The van der Waals surface area contributed by atoms with Crippen LogP contribution < -0.4 is 5.32 Å². The zero-order valence-corrected chi connectivity index (χ0v) is 14.9. The molecule has 0 radical (unpaired) electrons. The van der Waals surface area contributed by atoms with E-state index >= 15 is 0 Å². The number of nitrogens with one attached hydrogen (secondary N) is 2. The predicted molar refractivity (Wildman–Crippen MR) is 108 cm³/mol. The number of aromatic amines is 1. The standard InChI is InChI=1S/C21H17N7/c1-2-6-15(7-3-1)17-10-13-28-19(17)21(23-14-16-8-4-5-11-22-16)25-20(27-28)18-9-12-24-26-18/h1-13H,14H2,(H,24,26)(H,23,25,27). The van der Waals surface area contributed by atoms with Gasteiger partial charge in [0, 0.05) is 24.2 Å². The lowest BCUT2D eigenvalue weighted by Crippen LogP contribution is -2.08. The third kappa shape index (κ3) is 2.99. The Labute approximate surface area is 161 Å². The summed E-state index contributed by atoms with van der Waals surface area (Å²) < 4.78 is 1.85. The fourth-order valence-corrected chi connectivity index (χ4v) is 3.17. The lowest BCUT2D eigenvalue weighted by atomic mass is 10.1. The number of hydrogen-bond acceptors (Lipinski definition) is 5. The number of rotatable bonds is 5. The Morgan fingerprint density at radius 2 is 1.82 bits per heavy atom. The average Bonchev–Trinajstić information content (AvgIpc) is 3.43. The fraction of sp³-hybridized carbons (Fsp3) is 0.0476. The van der Waals surface area contributed by atoms with Gasteiger partial charge >= 0.3 is 0 Å². The molecule has 0 aliphatic rings. The van der Waals surface area contributed by atoms with Crippen molar-refractivity contribution >= 4 is 11.3 Å². The quantitative estimate of drug-likeness (QED) is 0.494. The maximum absolute atomic E-state index is 4.77. The number of anilines is 1. The molecular formula is C21H17N7. The number of aromatic nitrogens is 6. The first kappa shape index (κ1) is 16.2. The van der Waals surface area contributed by atoms with Crippen molar-refractivity contribution in [3.63, 3.8) is 0 Å². The van der Waals surface area contributed by atoms with E-state index in [2.05, 4.69) is 43.8 Å². The van der Waals surface area contributed by atoms with Crippen molar-refractivity contribution in [2.24, 2.45) is 0 Å². The number of benzene rings is 1. The molecule has 28 heavy (non-hydrogen) atoms. The molecule has 2 N–H and O–H groups in total. The Balaban J connectivity index is 1.64. The second-order valence-corrected chi connectivity index (χ2v) is 6.32. The Morgan fingerprint density at radius 1 is 0.929 bits per heavy atom. The SMILES string of the molecule is c1ccc(-c2ccn3nc(-c4ccn[nH]4)nc(NCc4ccccn4)c23)cc1. The molecule has 0 atom stereocenters. The van der Waals surface area contributed by atoms with Gasteiger partial charge < -0.3 is 5.32 Å². The molecule has 7 heteroatoms. The lowest BCUT2D eigenvalue weighted by Gasteiger charge is -2.11. The van der Waals surface area contributed by atoms with Crippen LogP contribution >= 0.6 is 0 Å². The van der Waals surface area contributed by atoms with Gasteiger partial charge in [-0.1, -0.05) is 36.4 Å². The van der Waals surface area contributed by atoms with Crippen molar-refractivity contribution in [3.8, 4) is 22.6 Å². The summed E-state index contributed by atoms with van der Waals surface area (Å²) in [4.78, 5) is 9.16. The van der Waals surface area contributed by atoms with Gasteiger partial charge in [0.1, 0.15) is 11.2 Å². The van der Waals surface area contributed by atoms with Gasteiger partial charge in [-0.05, 0) is 29.8 Å². The zero-order chi connectivity index (χ0) is 18.8. The minimum absolute atomic E-state index is 0.565. The molecule has 0 spiro atoms. The van der Waals surface area contributed by atoms with Gasteiger partial charge in [-0.3, -0.25) is 10.1 Å². The van der Waals surface area contributed by atoms with Crippen molar-refractivity contribution in [3.05, 3.63) is 84.9 Å². The highest BCUT2D eigenvalue weighted by molar-refractivity contribution is 5.89. The van der Waals surface area contributed by atoms with E-state index in [9.17, 15) is 0 Å². The first-order chi connectivity index (χ1) is 13.9. The van der Waals surface area contributed by atoms with E-state index in [4.69, 9.17) is 4.98 Å². The molecule has 0 aliphatic carbocycles. The molecule has 0 fully saturated rings. The van der Waals surface area contributed by atoms with E-state index in [1.807, 2.05) is 53.2 Å². The smallest absolute Gasteiger partial charge is 0.200 e. The van der Waals surface area contributed by atoms with Crippen molar-refractivity contribution < 1.29 is 0 Å². The summed E-state index contributed by atoms with van der Waals surface area (Å²) in [6, 6.07) is 20.0. The summed E-state index contributed by atoms with van der Waals surface area (Å²) in [5.41, 5.74) is 4.81. The van der Waals surface area contributed by atoms with Gasteiger partial charge in [-0.2, -0.15) is 5.10 Å². The molecule has 4 aromatic heterocycles. The van der Waals surface area contributed by atoms with Crippen molar-refractivity contribution in [1.29, 1.82) is 0 Å². The Morgan fingerprint density at radius 3 is 2.61 bits per heavy atom. The third-order valence-electron chi connectivity index (χ3n) is 4.50. The second-order valence-electron chi connectivity index (χ2n) is 6.32. The highest BCUT2D eigenvalue weighted by Gasteiger charge is 2.15. The molecule has 0 aliphatic heterocycles. The van der Waals surface area contributed by atoms with Crippen LogP contribution in [0.5, 0.6) is 0 Å². The highest BCUT2D eigenvalue weighted by atomic mass is 15.3. The number of hydrogen-bond donors (Lipinski definition) is 2. The van der Waals surface area contributed by atoms with Crippen LogP contribution in [0.4, 0.5) is 5.82 Å². The summed E-state index contributed by atoms with van der Waals surface area (Å²) in [5.74, 6) is 1.32. The topological polar surface area (TPSA) is 83.8 Å². The summed E-state index contributed by atoms with van der Waals surface area (Å²) in [5, 5.41) is 15.0. The minimum Gasteiger partial charge on any atom is -0.363 e. The molecular weight excluding hydrogens is 350 g/mol. The van der Waals surface area contributed by atoms with Crippen LogP contribution in [0.1, 0.15) is 5.69 Å². The Hall–Kier alpha value is -4.00.